The molecule has 0 radical (unpaired) electrons. The molecular weight excluding hydrogens is 348 g/mol. The topological polar surface area (TPSA) is 137 Å². The van der Waals surface area contributed by atoms with Crippen molar-refractivity contribution in [1.29, 1.82) is 0 Å². The molecule has 0 aliphatic rings. The number of carbonyl (C=O) groups excluding carboxylic acids is 2. The van der Waals surface area contributed by atoms with Crippen LogP contribution in [0.25, 0.3) is 10.9 Å². The number of carbonyl (C=O) groups is 3. The fourth-order valence-corrected chi connectivity index (χ4v) is 2.95. The summed E-state index contributed by atoms with van der Waals surface area (Å²) in [5.41, 5.74) is 7.00. The van der Waals surface area contributed by atoms with Crippen molar-refractivity contribution in [2.24, 2.45) is 11.7 Å². The zero-order valence-electron chi connectivity index (χ0n) is 15.5. The lowest BCUT2D eigenvalue weighted by Crippen LogP contribution is -2.53. The highest BCUT2D eigenvalue weighted by Gasteiger charge is 2.27. The Labute approximate surface area is 157 Å². The molecule has 146 valence electrons. The van der Waals surface area contributed by atoms with E-state index in [4.69, 9.17) is 5.73 Å². The van der Waals surface area contributed by atoms with Crippen LogP contribution in [-0.4, -0.2) is 46.5 Å². The second-order valence-corrected chi connectivity index (χ2v) is 6.92. The Hall–Kier alpha value is -2.87. The Morgan fingerprint density at radius 3 is 2.48 bits per heavy atom. The highest BCUT2D eigenvalue weighted by atomic mass is 16.4. The molecule has 0 spiro atoms. The van der Waals surface area contributed by atoms with E-state index in [1.165, 1.54) is 0 Å². The molecule has 6 N–H and O–H groups in total. The van der Waals surface area contributed by atoms with Crippen molar-refractivity contribution in [2.45, 2.75) is 38.8 Å². The maximum Gasteiger partial charge on any atom is 0.326 e. The van der Waals surface area contributed by atoms with Gasteiger partial charge in [0.2, 0.25) is 11.8 Å². The van der Waals surface area contributed by atoms with Crippen molar-refractivity contribution >= 4 is 28.7 Å². The van der Waals surface area contributed by atoms with E-state index >= 15 is 0 Å². The zero-order chi connectivity index (χ0) is 20.0. The van der Waals surface area contributed by atoms with E-state index in [-0.39, 0.29) is 18.9 Å². The Morgan fingerprint density at radius 1 is 1.15 bits per heavy atom. The van der Waals surface area contributed by atoms with Gasteiger partial charge < -0.3 is 26.5 Å². The number of nitrogens with one attached hydrogen (secondary N) is 3. The third-order valence-corrected chi connectivity index (χ3v) is 4.26. The lowest BCUT2D eigenvalue weighted by molar-refractivity contribution is -0.142. The highest BCUT2D eigenvalue weighted by molar-refractivity contribution is 5.91. The molecule has 0 aliphatic heterocycles. The Balaban J connectivity index is 2.14. The van der Waals surface area contributed by atoms with Crippen molar-refractivity contribution in [3.05, 3.63) is 36.0 Å². The molecule has 1 heterocycles. The number of carboxylic acid groups (broad SMARTS) is 1. The van der Waals surface area contributed by atoms with Gasteiger partial charge in [0.05, 0.1) is 6.54 Å². The van der Waals surface area contributed by atoms with E-state index < -0.39 is 29.9 Å². The molecule has 2 atom stereocenters. The number of aromatic amines is 1. The maximum atomic E-state index is 12.6. The first kappa shape index (κ1) is 20.4. The standard InChI is InChI=1S/C19H26N4O4/c1-11(2)7-15(22-17(24)9-20)18(25)23-16(19(26)27)8-12-10-21-14-6-4-3-5-13(12)14/h3-6,10-11,15-16,21H,7-9,20H2,1-2H3,(H,22,24)(H,23,25)(H,26,27)/t15-,16-/m0/s1. The first-order valence-corrected chi connectivity index (χ1v) is 8.89. The van der Waals surface area contributed by atoms with Crippen molar-refractivity contribution in [3.8, 4) is 0 Å². The number of rotatable bonds is 9. The minimum atomic E-state index is -1.14. The predicted octanol–water partition coefficient (Wildman–Crippen LogP) is 0.769. The van der Waals surface area contributed by atoms with Crippen LogP contribution in [0.3, 0.4) is 0 Å². The van der Waals surface area contributed by atoms with Gasteiger partial charge in [-0.05, 0) is 24.0 Å². The fourth-order valence-electron chi connectivity index (χ4n) is 2.95. The van der Waals surface area contributed by atoms with Gasteiger partial charge in [-0.25, -0.2) is 4.79 Å². The third-order valence-electron chi connectivity index (χ3n) is 4.26. The third kappa shape index (κ3) is 5.55. The van der Waals surface area contributed by atoms with Crippen LogP contribution in [-0.2, 0) is 20.8 Å². The molecule has 0 aliphatic carbocycles. The van der Waals surface area contributed by atoms with E-state index in [1.807, 2.05) is 38.1 Å². The summed E-state index contributed by atoms with van der Waals surface area (Å²) in [6.45, 7) is 3.59. The summed E-state index contributed by atoms with van der Waals surface area (Å²) in [4.78, 5) is 39.0. The first-order valence-electron chi connectivity index (χ1n) is 8.89. The zero-order valence-corrected chi connectivity index (χ0v) is 15.5. The van der Waals surface area contributed by atoms with Crippen LogP contribution in [0, 0.1) is 5.92 Å². The van der Waals surface area contributed by atoms with Crippen LogP contribution in [0.1, 0.15) is 25.8 Å². The van der Waals surface area contributed by atoms with Gasteiger partial charge in [0.15, 0.2) is 0 Å². The lowest BCUT2D eigenvalue weighted by atomic mass is 10.0. The number of para-hydroxylation sites is 1. The molecule has 1 aromatic carbocycles. The monoisotopic (exact) mass is 374 g/mol. The van der Waals surface area contributed by atoms with Crippen LogP contribution in [0.15, 0.2) is 30.5 Å². The number of hydrogen-bond acceptors (Lipinski definition) is 4. The average Bonchev–Trinajstić information content (AvgIpc) is 3.03. The Bertz CT molecular complexity index is 815. The second kappa shape index (κ2) is 9.18. The number of H-pyrrole nitrogens is 1. The number of aromatic nitrogens is 1. The van der Waals surface area contributed by atoms with Gasteiger partial charge in [-0.1, -0.05) is 32.0 Å². The molecule has 8 nitrogen and oxygen atoms in total. The van der Waals surface area contributed by atoms with Gasteiger partial charge in [0.25, 0.3) is 0 Å². The number of benzene rings is 1. The van der Waals surface area contributed by atoms with Crippen molar-refractivity contribution in [1.82, 2.24) is 15.6 Å². The van der Waals surface area contributed by atoms with Gasteiger partial charge in [0.1, 0.15) is 12.1 Å². The fraction of sp³-hybridized carbons (Fsp3) is 0.421. The van der Waals surface area contributed by atoms with E-state index in [0.29, 0.717) is 6.42 Å². The molecule has 2 amide bonds. The smallest absolute Gasteiger partial charge is 0.326 e. The predicted molar refractivity (Wildman–Crippen MR) is 102 cm³/mol. The molecule has 1 aromatic heterocycles. The highest BCUT2D eigenvalue weighted by Crippen LogP contribution is 2.19. The first-order chi connectivity index (χ1) is 12.8. The van der Waals surface area contributed by atoms with Gasteiger partial charge in [-0.3, -0.25) is 9.59 Å². The van der Waals surface area contributed by atoms with Crippen molar-refractivity contribution in [3.63, 3.8) is 0 Å². The maximum absolute atomic E-state index is 12.6. The average molecular weight is 374 g/mol. The molecule has 2 rings (SSSR count). The van der Waals surface area contributed by atoms with Gasteiger partial charge in [0, 0.05) is 23.5 Å². The van der Waals surface area contributed by atoms with Crippen LogP contribution >= 0.6 is 0 Å². The van der Waals surface area contributed by atoms with E-state index in [0.717, 1.165) is 16.5 Å². The largest absolute Gasteiger partial charge is 0.480 e. The molecule has 0 unspecified atom stereocenters. The molecule has 0 saturated carbocycles. The minimum Gasteiger partial charge on any atom is -0.480 e. The number of carboxylic acids is 1. The number of amides is 2. The second-order valence-electron chi connectivity index (χ2n) is 6.92. The summed E-state index contributed by atoms with van der Waals surface area (Å²) in [6.07, 6.45) is 2.26. The van der Waals surface area contributed by atoms with Crippen LogP contribution < -0.4 is 16.4 Å². The van der Waals surface area contributed by atoms with Crippen LogP contribution in [0.4, 0.5) is 0 Å². The molecule has 8 heteroatoms. The number of hydrogen-bond donors (Lipinski definition) is 5. The number of nitrogens with two attached hydrogens (primary N) is 1. The molecule has 0 fully saturated rings. The van der Waals surface area contributed by atoms with Gasteiger partial charge in [-0.15, -0.1) is 0 Å². The molecule has 0 bridgehead atoms. The summed E-state index contributed by atoms with van der Waals surface area (Å²) >= 11 is 0. The summed E-state index contributed by atoms with van der Waals surface area (Å²) < 4.78 is 0. The summed E-state index contributed by atoms with van der Waals surface area (Å²) in [6, 6.07) is 5.61. The van der Waals surface area contributed by atoms with Gasteiger partial charge >= 0.3 is 5.97 Å². The summed E-state index contributed by atoms with van der Waals surface area (Å²) in [7, 11) is 0. The van der Waals surface area contributed by atoms with E-state index in [9.17, 15) is 19.5 Å². The Kier molecular flexibility index (Phi) is 6.95. The molecule has 2 aromatic rings. The summed E-state index contributed by atoms with van der Waals surface area (Å²) in [5, 5.41) is 15.6. The quantitative estimate of drug-likeness (QED) is 0.441. The van der Waals surface area contributed by atoms with E-state index in [1.54, 1.807) is 6.20 Å². The van der Waals surface area contributed by atoms with Crippen molar-refractivity contribution < 1.29 is 19.5 Å². The molecule has 27 heavy (non-hydrogen) atoms. The minimum absolute atomic E-state index is 0.129. The number of fused-ring (bicyclic) bond motifs is 1. The van der Waals surface area contributed by atoms with Crippen LogP contribution in [0.5, 0.6) is 0 Å². The Morgan fingerprint density at radius 2 is 1.85 bits per heavy atom. The SMILES string of the molecule is CC(C)C[C@H](NC(=O)CN)C(=O)N[C@@H](Cc1c[nH]c2ccccc12)C(=O)O. The van der Waals surface area contributed by atoms with Crippen LogP contribution in [0.2, 0.25) is 0 Å². The normalized spacial score (nSPS) is 13.3. The summed E-state index contributed by atoms with van der Waals surface area (Å²) in [5.74, 6) is -1.99. The van der Waals surface area contributed by atoms with E-state index in [2.05, 4.69) is 15.6 Å². The molecule has 0 saturated heterocycles. The molecular formula is C19H26N4O4. The number of aliphatic carboxylic acids is 1. The van der Waals surface area contributed by atoms with Gasteiger partial charge in [-0.2, -0.15) is 0 Å². The van der Waals surface area contributed by atoms with Crippen molar-refractivity contribution in [2.75, 3.05) is 6.54 Å². The lowest BCUT2D eigenvalue weighted by Gasteiger charge is -2.22.